The Kier molecular flexibility index (Phi) is 6.34. The van der Waals surface area contributed by atoms with Crippen LogP contribution in [0, 0.1) is 0 Å². The number of nitrogens with one attached hydrogen (secondary N) is 2. The summed E-state index contributed by atoms with van der Waals surface area (Å²) in [6.07, 6.45) is 7.67. The SMILES string of the molecule is O=S(=O)(CC(C[NH+]1CCCCC1)[NH+]1CCCCC1)c1ccc2ccccc2c1. The van der Waals surface area contributed by atoms with Gasteiger partial charge in [-0.2, -0.15) is 0 Å². The van der Waals surface area contributed by atoms with Gasteiger partial charge >= 0.3 is 0 Å². The van der Waals surface area contributed by atoms with E-state index in [0.717, 1.165) is 30.4 Å². The molecule has 2 aromatic carbocycles. The highest BCUT2D eigenvalue weighted by Crippen LogP contribution is 2.20. The molecule has 28 heavy (non-hydrogen) atoms. The highest BCUT2D eigenvalue weighted by molar-refractivity contribution is 7.91. The van der Waals surface area contributed by atoms with Crippen LogP contribution in [0.1, 0.15) is 38.5 Å². The summed E-state index contributed by atoms with van der Waals surface area (Å²) >= 11 is 0. The van der Waals surface area contributed by atoms with Crippen LogP contribution in [0.25, 0.3) is 10.8 Å². The van der Waals surface area contributed by atoms with E-state index in [4.69, 9.17) is 0 Å². The van der Waals surface area contributed by atoms with Gasteiger partial charge in [-0.1, -0.05) is 30.3 Å². The van der Waals surface area contributed by atoms with Gasteiger partial charge in [-0.15, -0.1) is 0 Å². The molecular weight excluding hydrogens is 368 g/mol. The zero-order valence-electron chi connectivity index (χ0n) is 16.8. The normalized spacial score (nSPS) is 21.0. The summed E-state index contributed by atoms with van der Waals surface area (Å²) in [5, 5.41) is 2.10. The van der Waals surface area contributed by atoms with E-state index in [9.17, 15) is 8.42 Å². The van der Waals surface area contributed by atoms with Crippen molar-refractivity contribution in [1.29, 1.82) is 0 Å². The maximum Gasteiger partial charge on any atom is 0.184 e. The number of hydrogen-bond acceptors (Lipinski definition) is 2. The highest BCUT2D eigenvalue weighted by Gasteiger charge is 2.34. The van der Waals surface area contributed by atoms with Gasteiger partial charge in [0.2, 0.25) is 0 Å². The molecule has 2 heterocycles. The second-order valence-corrected chi connectivity index (χ2v) is 10.8. The van der Waals surface area contributed by atoms with Gasteiger partial charge in [-0.3, -0.25) is 0 Å². The third kappa shape index (κ3) is 4.76. The summed E-state index contributed by atoms with van der Waals surface area (Å²) < 4.78 is 26.7. The first-order valence-electron chi connectivity index (χ1n) is 11.0. The molecule has 0 radical (unpaired) electrons. The number of fused-ring (bicyclic) bond motifs is 1. The first kappa shape index (κ1) is 19.9. The van der Waals surface area contributed by atoms with Crippen molar-refractivity contribution in [2.75, 3.05) is 38.5 Å². The van der Waals surface area contributed by atoms with E-state index in [1.165, 1.54) is 56.5 Å². The molecule has 2 N–H and O–H groups in total. The molecule has 5 heteroatoms. The Hall–Kier alpha value is -1.43. The van der Waals surface area contributed by atoms with Crippen molar-refractivity contribution >= 4 is 20.6 Å². The Balaban J connectivity index is 1.55. The second kappa shape index (κ2) is 8.93. The van der Waals surface area contributed by atoms with Crippen molar-refractivity contribution in [3.63, 3.8) is 0 Å². The van der Waals surface area contributed by atoms with E-state index in [2.05, 4.69) is 0 Å². The Morgan fingerprint density at radius 1 is 0.786 bits per heavy atom. The maximum atomic E-state index is 13.3. The van der Waals surface area contributed by atoms with Crippen molar-refractivity contribution in [3.8, 4) is 0 Å². The number of hydrogen-bond donors (Lipinski definition) is 2. The van der Waals surface area contributed by atoms with Gasteiger partial charge in [0.25, 0.3) is 0 Å². The molecule has 2 aliphatic heterocycles. The molecule has 1 atom stereocenters. The lowest BCUT2D eigenvalue weighted by Crippen LogP contribution is -3.24. The third-order valence-electron chi connectivity index (χ3n) is 6.67. The van der Waals surface area contributed by atoms with Crippen molar-refractivity contribution in [2.24, 2.45) is 0 Å². The third-order valence-corrected chi connectivity index (χ3v) is 8.48. The van der Waals surface area contributed by atoms with Crippen molar-refractivity contribution < 1.29 is 18.2 Å². The van der Waals surface area contributed by atoms with Gasteiger partial charge in [0.15, 0.2) is 15.9 Å². The van der Waals surface area contributed by atoms with Gasteiger partial charge in [0.05, 0.1) is 31.1 Å². The lowest BCUT2D eigenvalue weighted by molar-refractivity contribution is -0.979. The maximum absolute atomic E-state index is 13.3. The smallest absolute Gasteiger partial charge is 0.184 e. The standard InChI is InChI=1S/C23H32N2O2S/c26-28(27,23-12-11-20-9-3-4-10-21(20)17-23)19-22(25-15-7-2-8-16-25)18-24-13-5-1-6-14-24/h3-4,9-12,17,22H,1-2,5-8,13-16,18-19H2/p+2. The van der Waals surface area contributed by atoms with Crippen LogP contribution in [0.3, 0.4) is 0 Å². The van der Waals surface area contributed by atoms with Crippen LogP contribution in [0.2, 0.25) is 0 Å². The Bertz CT molecular complexity index is 884. The van der Waals surface area contributed by atoms with Gasteiger partial charge in [-0.05, 0) is 61.4 Å². The lowest BCUT2D eigenvalue weighted by Gasteiger charge is -2.34. The number of rotatable bonds is 6. The summed E-state index contributed by atoms with van der Waals surface area (Å²) in [4.78, 5) is 3.62. The van der Waals surface area contributed by atoms with Gasteiger partial charge in [-0.25, -0.2) is 8.42 Å². The fraction of sp³-hybridized carbons (Fsp3) is 0.565. The topological polar surface area (TPSA) is 43.0 Å². The monoisotopic (exact) mass is 402 g/mol. The first-order valence-corrected chi connectivity index (χ1v) is 12.7. The van der Waals surface area contributed by atoms with Crippen molar-refractivity contribution in [3.05, 3.63) is 42.5 Å². The van der Waals surface area contributed by atoms with Gasteiger partial charge < -0.3 is 9.80 Å². The summed E-state index contributed by atoms with van der Waals surface area (Å²) in [7, 11) is -3.29. The zero-order chi connectivity index (χ0) is 19.4. The molecule has 0 amide bonds. The Morgan fingerprint density at radius 3 is 2.14 bits per heavy atom. The van der Waals surface area contributed by atoms with E-state index in [1.807, 2.05) is 36.4 Å². The predicted octanol–water partition coefficient (Wildman–Crippen LogP) is 1.12. The van der Waals surface area contributed by atoms with Crippen molar-refractivity contribution in [2.45, 2.75) is 49.5 Å². The molecule has 4 rings (SSSR count). The summed E-state index contributed by atoms with van der Waals surface area (Å²) in [5.74, 6) is 0.282. The second-order valence-electron chi connectivity index (χ2n) is 8.72. The summed E-state index contributed by atoms with van der Waals surface area (Å²) in [6.45, 7) is 5.68. The zero-order valence-corrected chi connectivity index (χ0v) is 17.6. The molecule has 2 saturated heterocycles. The molecule has 0 saturated carbocycles. The minimum Gasteiger partial charge on any atom is -0.330 e. The van der Waals surface area contributed by atoms with Crippen LogP contribution in [-0.2, 0) is 9.84 Å². The number of benzene rings is 2. The van der Waals surface area contributed by atoms with E-state index >= 15 is 0 Å². The molecule has 2 aliphatic rings. The molecule has 152 valence electrons. The predicted molar refractivity (Wildman–Crippen MR) is 114 cm³/mol. The first-order chi connectivity index (χ1) is 13.6. The molecule has 0 aliphatic carbocycles. The van der Waals surface area contributed by atoms with E-state index in [0.29, 0.717) is 4.90 Å². The number of sulfone groups is 1. The largest absolute Gasteiger partial charge is 0.330 e. The van der Waals surface area contributed by atoms with Gasteiger partial charge in [0.1, 0.15) is 12.3 Å². The summed E-state index contributed by atoms with van der Waals surface area (Å²) in [6, 6.07) is 13.8. The Morgan fingerprint density at radius 2 is 1.43 bits per heavy atom. The molecular formula is C23H34N2O2S+2. The fourth-order valence-corrected chi connectivity index (χ4v) is 6.72. The molecule has 0 bridgehead atoms. The Labute approximate surface area is 169 Å². The number of quaternary nitrogens is 2. The van der Waals surface area contributed by atoms with E-state index in [-0.39, 0.29) is 11.8 Å². The van der Waals surface area contributed by atoms with Gasteiger partial charge in [0, 0.05) is 0 Å². The van der Waals surface area contributed by atoms with Crippen LogP contribution in [0.15, 0.2) is 47.4 Å². The van der Waals surface area contributed by atoms with Crippen LogP contribution < -0.4 is 9.80 Å². The molecule has 2 aromatic rings. The van der Waals surface area contributed by atoms with Crippen LogP contribution >= 0.6 is 0 Å². The highest BCUT2D eigenvalue weighted by atomic mass is 32.2. The van der Waals surface area contributed by atoms with Crippen LogP contribution in [0.4, 0.5) is 0 Å². The molecule has 0 aromatic heterocycles. The number of piperidine rings is 2. The molecule has 2 fully saturated rings. The quantitative estimate of drug-likeness (QED) is 0.761. The average Bonchev–Trinajstić information content (AvgIpc) is 2.74. The van der Waals surface area contributed by atoms with Crippen molar-refractivity contribution in [1.82, 2.24) is 0 Å². The molecule has 1 unspecified atom stereocenters. The lowest BCUT2D eigenvalue weighted by atomic mass is 10.1. The minimum atomic E-state index is -3.29. The average molecular weight is 403 g/mol. The number of likely N-dealkylation sites (tertiary alicyclic amines) is 2. The fourth-order valence-electron chi connectivity index (χ4n) is 5.06. The van der Waals surface area contributed by atoms with Crippen LogP contribution in [-0.4, -0.2) is 52.9 Å². The molecule has 0 spiro atoms. The van der Waals surface area contributed by atoms with E-state index < -0.39 is 9.84 Å². The molecule has 4 nitrogen and oxygen atoms in total. The van der Waals surface area contributed by atoms with Crippen LogP contribution in [0.5, 0.6) is 0 Å². The summed E-state index contributed by atoms with van der Waals surface area (Å²) in [5.41, 5.74) is 0. The van der Waals surface area contributed by atoms with E-state index in [1.54, 1.807) is 11.0 Å². The minimum absolute atomic E-state index is 0.213.